The molecule has 0 fully saturated rings. The minimum absolute atomic E-state index is 0.641. The molecule has 2 rings (SSSR count). The van der Waals surface area contributed by atoms with Gasteiger partial charge in [0.25, 0.3) is 0 Å². The van der Waals surface area contributed by atoms with Crippen LogP contribution in [0.25, 0.3) is 11.4 Å². The number of benzene rings is 1. The van der Waals surface area contributed by atoms with E-state index in [2.05, 4.69) is 9.55 Å². The average Bonchev–Trinajstić information content (AvgIpc) is 2.92. The molecular formula is C15H21N3O2. The maximum atomic E-state index is 5.70. The summed E-state index contributed by atoms with van der Waals surface area (Å²) in [6, 6.07) is 7.76. The van der Waals surface area contributed by atoms with Gasteiger partial charge >= 0.3 is 0 Å². The summed E-state index contributed by atoms with van der Waals surface area (Å²) in [5.41, 5.74) is 7.54. The molecule has 2 N–H and O–H groups in total. The Labute approximate surface area is 119 Å². The van der Waals surface area contributed by atoms with Crippen molar-refractivity contribution in [3.05, 3.63) is 36.7 Å². The highest BCUT2D eigenvalue weighted by Gasteiger charge is 2.05. The molecule has 2 aromatic rings. The Morgan fingerprint density at radius 3 is 2.70 bits per heavy atom. The van der Waals surface area contributed by atoms with E-state index in [4.69, 9.17) is 15.2 Å². The average molecular weight is 275 g/mol. The van der Waals surface area contributed by atoms with Crippen molar-refractivity contribution in [2.75, 3.05) is 32.7 Å². The van der Waals surface area contributed by atoms with Gasteiger partial charge in [-0.2, -0.15) is 0 Å². The highest BCUT2D eigenvalue weighted by Crippen LogP contribution is 2.19. The number of methoxy groups -OCH3 is 1. The van der Waals surface area contributed by atoms with Crippen LogP contribution in [0.15, 0.2) is 36.7 Å². The molecule has 0 unspecified atom stereocenters. The van der Waals surface area contributed by atoms with Gasteiger partial charge in [0, 0.05) is 43.9 Å². The van der Waals surface area contributed by atoms with Gasteiger partial charge < -0.3 is 19.8 Å². The quantitative estimate of drug-likeness (QED) is 0.592. The van der Waals surface area contributed by atoms with Crippen molar-refractivity contribution in [2.24, 2.45) is 0 Å². The van der Waals surface area contributed by atoms with Crippen LogP contribution in [0, 0.1) is 0 Å². The lowest BCUT2D eigenvalue weighted by atomic mass is 10.2. The van der Waals surface area contributed by atoms with Gasteiger partial charge in [0.15, 0.2) is 0 Å². The number of nitrogen functional groups attached to an aromatic ring is 1. The van der Waals surface area contributed by atoms with Gasteiger partial charge in [0.1, 0.15) is 5.82 Å². The topological polar surface area (TPSA) is 62.3 Å². The molecule has 0 saturated heterocycles. The maximum Gasteiger partial charge on any atom is 0.139 e. The molecule has 0 amide bonds. The highest BCUT2D eigenvalue weighted by atomic mass is 16.5. The molecule has 0 aliphatic carbocycles. The van der Waals surface area contributed by atoms with E-state index in [1.54, 1.807) is 7.11 Å². The number of ether oxygens (including phenoxy) is 2. The second kappa shape index (κ2) is 7.67. The molecule has 108 valence electrons. The Morgan fingerprint density at radius 1 is 1.15 bits per heavy atom. The number of anilines is 1. The lowest BCUT2D eigenvalue weighted by Crippen LogP contribution is -2.06. The van der Waals surface area contributed by atoms with E-state index >= 15 is 0 Å². The molecule has 0 spiro atoms. The standard InChI is InChI=1S/C15H21N3O2/c1-19-11-12-20-10-2-8-18-9-7-17-15(18)13-3-5-14(16)6-4-13/h3-7,9H,2,8,10-12,16H2,1H3. The monoisotopic (exact) mass is 275 g/mol. The number of imidazole rings is 1. The smallest absolute Gasteiger partial charge is 0.139 e. The largest absolute Gasteiger partial charge is 0.399 e. The lowest BCUT2D eigenvalue weighted by molar-refractivity contribution is 0.0680. The zero-order chi connectivity index (χ0) is 14.2. The van der Waals surface area contributed by atoms with Crippen LogP contribution in [0.3, 0.4) is 0 Å². The first-order chi connectivity index (χ1) is 9.81. The fraction of sp³-hybridized carbons (Fsp3) is 0.400. The van der Waals surface area contributed by atoms with Crippen LogP contribution in [0.4, 0.5) is 5.69 Å². The minimum Gasteiger partial charge on any atom is -0.399 e. The Bertz CT molecular complexity index is 508. The molecule has 20 heavy (non-hydrogen) atoms. The fourth-order valence-electron chi connectivity index (χ4n) is 1.96. The molecule has 0 bridgehead atoms. The summed E-state index contributed by atoms with van der Waals surface area (Å²) in [5.74, 6) is 0.960. The number of hydrogen-bond acceptors (Lipinski definition) is 4. The van der Waals surface area contributed by atoms with E-state index in [9.17, 15) is 0 Å². The SMILES string of the molecule is COCCOCCCn1ccnc1-c1ccc(N)cc1. The summed E-state index contributed by atoms with van der Waals surface area (Å²) < 4.78 is 12.5. The van der Waals surface area contributed by atoms with Crippen LogP contribution >= 0.6 is 0 Å². The van der Waals surface area contributed by atoms with Crippen LogP contribution in [0.2, 0.25) is 0 Å². The van der Waals surface area contributed by atoms with Crippen molar-refractivity contribution in [1.29, 1.82) is 0 Å². The molecule has 0 radical (unpaired) electrons. The van der Waals surface area contributed by atoms with Gasteiger partial charge in [-0.1, -0.05) is 0 Å². The van der Waals surface area contributed by atoms with Gasteiger partial charge in [0.2, 0.25) is 0 Å². The van der Waals surface area contributed by atoms with Crippen molar-refractivity contribution in [2.45, 2.75) is 13.0 Å². The summed E-state index contributed by atoms with van der Waals surface area (Å²) in [7, 11) is 1.67. The van der Waals surface area contributed by atoms with E-state index in [1.807, 2.05) is 36.7 Å². The van der Waals surface area contributed by atoms with Gasteiger partial charge in [0.05, 0.1) is 13.2 Å². The van der Waals surface area contributed by atoms with Crippen molar-refractivity contribution in [3.63, 3.8) is 0 Å². The first-order valence-corrected chi connectivity index (χ1v) is 6.75. The number of nitrogens with zero attached hydrogens (tertiary/aromatic N) is 2. The number of rotatable bonds is 8. The van der Waals surface area contributed by atoms with E-state index in [-0.39, 0.29) is 0 Å². The van der Waals surface area contributed by atoms with Crippen LogP contribution in [0.1, 0.15) is 6.42 Å². The minimum atomic E-state index is 0.641. The fourth-order valence-corrected chi connectivity index (χ4v) is 1.96. The normalized spacial score (nSPS) is 10.8. The van der Waals surface area contributed by atoms with E-state index in [1.165, 1.54) is 0 Å². The predicted octanol–water partition coefficient (Wildman–Crippen LogP) is 2.19. The molecule has 0 aliphatic heterocycles. The van der Waals surface area contributed by atoms with Gasteiger partial charge in [-0.05, 0) is 30.7 Å². The molecule has 5 nitrogen and oxygen atoms in total. The van der Waals surface area contributed by atoms with Crippen molar-refractivity contribution in [3.8, 4) is 11.4 Å². The van der Waals surface area contributed by atoms with Crippen molar-refractivity contribution >= 4 is 5.69 Å². The van der Waals surface area contributed by atoms with Crippen LogP contribution < -0.4 is 5.73 Å². The van der Waals surface area contributed by atoms with E-state index in [0.29, 0.717) is 13.2 Å². The molecule has 0 saturated carbocycles. The summed E-state index contributed by atoms with van der Waals surface area (Å²) in [6.07, 6.45) is 4.75. The van der Waals surface area contributed by atoms with Crippen LogP contribution in [-0.2, 0) is 16.0 Å². The Balaban J connectivity index is 1.87. The molecule has 0 atom stereocenters. The lowest BCUT2D eigenvalue weighted by Gasteiger charge is -2.08. The zero-order valence-corrected chi connectivity index (χ0v) is 11.8. The summed E-state index contributed by atoms with van der Waals surface area (Å²) >= 11 is 0. The number of aryl methyl sites for hydroxylation is 1. The Morgan fingerprint density at radius 2 is 1.95 bits per heavy atom. The summed E-state index contributed by atoms with van der Waals surface area (Å²) in [6.45, 7) is 2.89. The third-order valence-corrected chi connectivity index (χ3v) is 3.00. The van der Waals surface area contributed by atoms with E-state index in [0.717, 1.165) is 36.6 Å². The summed E-state index contributed by atoms with van der Waals surface area (Å²) in [5, 5.41) is 0. The Kier molecular flexibility index (Phi) is 5.58. The molecular weight excluding hydrogens is 254 g/mol. The Hall–Kier alpha value is -1.85. The molecule has 5 heteroatoms. The number of aromatic nitrogens is 2. The van der Waals surface area contributed by atoms with Crippen LogP contribution in [-0.4, -0.2) is 36.5 Å². The summed E-state index contributed by atoms with van der Waals surface area (Å²) in [4.78, 5) is 4.41. The predicted molar refractivity (Wildman–Crippen MR) is 79.4 cm³/mol. The van der Waals surface area contributed by atoms with Crippen molar-refractivity contribution in [1.82, 2.24) is 9.55 Å². The second-order valence-corrected chi connectivity index (χ2v) is 4.52. The third kappa shape index (κ3) is 4.08. The van der Waals surface area contributed by atoms with Crippen molar-refractivity contribution < 1.29 is 9.47 Å². The molecule has 0 aliphatic rings. The molecule has 1 aromatic heterocycles. The number of nitrogens with two attached hydrogens (primary N) is 1. The highest BCUT2D eigenvalue weighted by molar-refractivity contribution is 5.59. The van der Waals surface area contributed by atoms with Gasteiger partial charge in [-0.3, -0.25) is 0 Å². The number of hydrogen-bond donors (Lipinski definition) is 1. The van der Waals surface area contributed by atoms with Crippen LogP contribution in [0.5, 0.6) is 0 Å². The third-order valence-electron chi connectivity index (χ3n) is 3.00. The first kappa shape index (κ1) is 14.6. The zero-order valence-electron chi connectivity index (χ0n) is 11.8. The molecule has 1 heterocycles. The van der Waals surface area contributed by atoms with Gasteiger partial charge in [-0.25, -0.2) is 4.98 Å². The molecule has 1 aromatic carbocycles. The first-order valence-electron chi connectivity index (χ1n) is 6.75. The van der Waals surface area contributed by atoms with Gasteiger partial charge in [-0.15, -0.1) is 0 Å². The second-order valence-electron chi connectivity index (χ2n) is 4.52. The maximum absolute atomic E-state index is 5.70. The van der Waals surface area contributed by atoms with E-state index < -0.39 is 0 Å².